The number of rotatable bonds is 5. The molecule has 0 saturated carbocycles. The lowest BCUT2D eigenvalue weighted by Crippen LogP contribution is -2.48. The molecule has 1 aromatic rings. The van der Waals surface area contributed by atoms with Crippen molar-refractivity contribution >= 4 is 17.6 Å². The van der Waals surface area contributed by atoms with E-state index in [1.165, 1.54) is 6.21 Å². The molecule has 1 aromatic heterocycles. The van der Waals surface area contributed by atoms with Crippen molar-refractivity contribution in [2.75, 3.05) is 30.8 Å². The molecule has 23 heavy (non-hydrogen) atoms. The monoisotopic (exact) mass is 321 g/mol. The maximum atomic E-state index is 6.08. The van der Waals surface area contributed by atoms with Gasteiger partial charge in [-0.2, -0.15) is 0 Å². The predicted molar refractivity (Wildman–Crippen MR) is 99.6 cm³/mol. The SMILES string of the molecule is C=CNc1cncc(NC2CCNCC2OC)c1.CC.CC=N. The highest BCUT2D eigenvalue weighted by Gasteiger charge is 2.24. The largest absolute Gasteiger partial charge is 0.378 e. The average Bonchev–Trinajstić information content (AvgIpc) is 2.59. The standard InChI is InChI=1S/C13H20N4O.C2H5N.C2H6/c1-3-16-10-6-11(8-15-7-10)17-12-4-5-14-9-13(12)18-2;1-2-3;1-2/h3,6-8,12-14,16-17H,1,4-5,9H2,2H3;2-3H,1H3;1-2H3. The fourth-order valence-corrected chi connectivity index (χ4v) is 2.17. The van der Waals surface area contributed by atoms with Crippen molar-refractivity contribution in [1.82, 2.24) is 10.3 Å². The van der Waals surface area contributed by atoms with Gasteiger partial charge in [-0.1, -0.05) is 20.4 Å². The number of nitrogens with zero attached hydrogens (tertiary/aromatic N) is 1. The lowest BCUT2D eigenvalue weighted by molar-refractivity contribution is 0.0706. The van der Waals surface area contributed by atoms with Crippen molar-refractivity contribution in [2.24, 2.45) is 0 Å². The summed E-state index contributed by atoms with van der Waals surface area (Å²) in [5.41, 5.74) is 1.92. The third-order valence-electron chi connectivity index (χ3n) is 3.09. The summed E-state index contributed by atoms with van der Waals surface area (Å²) in [6.45, 7) is 11.2. The zero-order valence-electron chi connectivity index (χ0n) is 14.7. The van der Waals surface area contributed by atoms with Crippen LogP contribution in [-0.2, 0) is 4.74 Å². The number of hydrogen-bond donors (Lipinski definition) is 4. The first-order valence-corrected chi connectivity index (χ1v) is 8.02. The fraction of sp³-hybridized carbons (Fsp3) is 0.529. The van der Waals surface area contributed by atoms with E-state index in [-0.39, 0.29) is 6.10 Å². The van der Waals surface area contributed by atoms with Crippen molar-refractivity contribution in [3.05, 3.63) is 31.2 Å². The number of nitrogens with one attached hydrogen (secondary N) is 4. The van der Waals surface area contributed by atoms with E-state index in [0.717, 1.165) is 30.9 Å². The first-order chi connectivity index (χ1) is 11.2. The molecule has 6 nitrogen and oxygen atoms in total. The van der Waals surface area contributed by atoms with E-state index in [0.29, 0.717) is 6.04 Å². The Hall–Kier alpha value is -1.92. The van der Waals surface area contributed by atoms with Crippen LogP contribution in [0.2, 0.25) is 0 Å². The summed E-state index contributed by atoms with van der Waals surface area (Å²) >= 11 is 0. The summed E-state index contributed by atoms with van der Waals surface area (Å²) in [6.07, 6.45) is 7.71. The quantitative estimate of drug-likeness (QED) is 0.627. The Bertz CT molecular complexity index is 439. The molecule has 6 heteroatoms. The lowest BCUT2D eigenvalue weighted by Gasteiger charge is -2.32. The molecule has 0 aliphatic carbocycles. The fourth-order valence-electron chi connectivity index (χ4n) is 2.17. The van der Waals surface area contributed by atoms with Crippen LogP contribution in [0.1, 0.15) is 27.2 Å². The van der Waals surface area contributed by atoms with Crippen LogP contribution in [-0.4, -0.2) is 43.5 Å². The van der Waals surface area contributed by atoms with Crippen LogP contribution in [0.5, 0.6) is 0 Å². The maximum Gasteiger partial charge on any atom is 0.0896 e. The van der Waals surface area contributed by atoms with Gasteiger partial charge in [0.05, 0.1) is 35.9 Å². The van der Waals surface area contributed by atoms with E-state index >= 15 is 0 Å². The Morgan fingerprint density at radius 3 is 2.65 bits per heavy atom. The van der Waals surface area contributed by atoms with Gasteiger partial charge in [0.15, 0.2) is 0 Å². The lowest BCUT2D eigenvalue weighted by atomic mass is 10.0. The summed E-state index contributed by atoms with van der Waals surface area (Å²) in [5.74, 6) is 0. The van der Waals surface area contributed by atoms with Crippen molar-refractivity contribution in [1.29, 1.82) is 5.41 Å². The second-order valence-electron chi connectivity index (χ2n) is 4.62. The summed E-state index contributed by atoms with van der Waals surface area (Å²) in [4.78, 5) is 4.19. The van der Waals surface area contributed by atoms with Gasteiger partial charge >= 0.3 is 0 Å². The summed E-state index contributed by atoms with van der Waals surface area (Å²) in [6, 6.07) is 2.33. The highest BCUT2D eigenvalue weighted by Crippen LogP contribution is 2.17. The number of anilines is 2. The van der Waals surface area contributed by atoms with Crippen molar-refractivity contribution in [3.63, 3.8) is 0 Å². The molecule has 1 aliphatic heterocycles. The number of methoxy groups -OCH3 is 1. The number of hydrogen-bond acceptors (Lipinski definition) is 6. The Morgan fingerprint density at radius 2 is 2.04 bits per heavy atom. The molecular formula is C17H31N5O. The van der Waals surface area contributed by atoms with E-state index in [2.05, 4.69) is 27.5 Å². The van der Waals surface area contributed by atoms with E-state index < -0.39 is 0 Å². The number of piperidine rings is 1. The molecule has 0 amide bonds. The van der Waals surface area contributed by atoms with Crippen molar-refractivity contribution in [2.45, 2.75) is 39.3 Å². The Kier molecular flexibility index (Phi) is 12.6. The molecule has 1 aliphatic rings. The van der Waals surface area contributed by atoms with Crippen LogP contribution in [0.4, 0.5) is 11.4 Å². The number of ether oxygens (including phenoxy) is 1. The van der Waals surface area contributed by atoms with E-state index in [9.17, 15) is 0 Å². The molecule has 4 N–H and O–H groups in total. The average molecular weight is 321 g/mol. The molecule has 0 aromatic carbocycles. The minimum atomic E-state index is 0.190. The van der Waals surface area contributed by atoms with E-state index in [4.69, 9.17) is 10.1 Å². The summed E-state index contributed by atoms with van der Waals surface area (Å²) < 4.78 is 5.48. The van der Waals surface area contributed by atoms with E-state index in [1.807, 2.05) is 26.1 Å². The van der Waals surface area contributed by atoms with Gasteiger partial charge in [-0.05, 0) is 38.4 Å². The van der Waals surface area contributed by atoms with Crippen LogP contribution in [0, 0.1) is 5.41 Å². The van der Waals surface area contributed by atoms with Gasteiger partial charge in [0, 0.05) is 13.7 Å². The van der Waals surface area contributed by atoms with Gasteiger partial charge in [0.1, 0.15) is 0 Å². The molecule has 2 rings (SSSR count). The Balaban J connectivity index is 0.000000868. The van der Waals surface area contributed by atoms with Crippen LogP contribution in [0.25, 0.3) is 0 Å². The topological polar surface area (TPSA) is 82.1 Å². The molecule has 1 fully saturated rings. The Morgan fingerprint density at radius 1 is 1.39 bits per heavy atom. The molecule has 2 heterocycles. The van der Waals surface area contributed by atoms with Crippen molar-refractivity contribution < 1.29 is 4.74 Å². The molecule has 0 radical (unpaired) electrons. The highest BCUT2D eigenvalue weighted by atomic mass is 16.5. The third kappa shape index (κ3) is 8.32. The smallest absolute Gasteiger partial charge is 0.0896 e. The first kappa shape index (κ1) is 21.1. The van der Waals surface area contributed by atoms with Gasteiger partial charge in [-0.3, -0.25) is 4.98 Å². The normalized spacial score (nSPS) is 19.1. The minimum Gasteiger partial charge on any atom is -0.378 e. The molecule has 0 bridgehead atoms. The van der Waals surface area contributed by atoms with Crippen LogP contribution in [0.3, 0.4) is 0 Å². The van der Waals surface area contributed by atoms with Gasteiger partial charge in [-0.15, -0.1) is 0 Å². The molecular weight excluding hydrogens is 290 g/mol. The number of pyridine rings is 1. The second-order valence-corrected chi connectivity index (χ2v) is 4.62. The predicted octanol–water partition coefficient (Wildman–Crippen LogP) is 3.11. The summed E-state index contributed by atoms with van der Waals surface area (Å²) in [7, 11) is 1.75. The molecule has 0 spiro atoms. The van der Waals surface area contributed by atoms with Gasteiger partial charge in [0.25, 0.3) is 0 Å². The maximum absolute atomic E-state index is 6.08. The zero-order chi connectivity index (χ0) is 17.5. The van der Waals surface area contributed by atoms with Crippen LogP contribution in [0.15, 0.2) is 31.2 Å². The second kappa shape index (κ2) is 13.7. The molecule has 2 atom stereocenters. The third-order valence-corrected chi connectivity index (χ3v) is 3.09. The minimum absolute atomic E-state index is 0.190. The van der Waals surface area contributed by atoms with Crippen LogP contribution < -0.4 is 16.0 Å². The first-order valence-electron chi connectivity index (χ1n) is 8.02. The summed E-state index contributed by atoms with van der Waals surface area (Å²) in [5, 5.41) is 15.9. The highest BCUT2D eigenvalue weighted by molar-refractivity contribution is 5.55. The number of aromatic nitrogens is 1. The molecule has 1 saturated heterocycles. The van der Waals surface area contributed by atoms with Crippen molar-refractivity contribution in [3.8, 4) is 0 Å². The molecule has 2 unspecified atom stereocenters. The molecule has 130 valence electrons. The van der Waals surface area contributed by atoms with E-state index in [1.54, 1.807) is 26.4 Å². The van der Waals surface area contributed by atoms with Gasteiger partial charge < -0.3 is 26.1 Å². The Labute approximate surface area is 140 Å². The zero-order valence-corrected chi connectivity index (χ0v) is 14.7. The van der Waals surface area contributed by atoms with Gasteiger partial charge in [0.2, 0.25) is 0 Å². The van der Waals surface area contributed by atoms with Crippen LogP contribution >= 0.6 is 0 Å². The van der Waals surface area contributed by atoms with Gasteiger partial charge in [-0.25, -0.2) is 0 Å².